The van der Waals surface area contributed by atoms with Crippen LogP contribution in [0.4, 0.5) is 0 Å². The Morgan fingerprint density at radius 1 is 1.35 bits per heavy atom. The first-order chi connectivity index (χ1) is 9.61. The molecule has 4 nitrogen and oxygen atoms in total. The zero-order chi connectivity index (χ0) is 14.5. The molecule has 1 aromatic carbocycles. The molecule has 104 valence electrons. The van der Waals surface area contributed by atoms with Crippen molar-refractivity contribution in [2.75, 3.05) is 13.1 Å². The van der Waals surface area contributed by atoms with Gasteiger partial charge < -0.3 is 10.0 Å². The van der Waals surface area contributed by atoms with Crippen LogP contribution in [0.2, 0.25) is 0 Å². The summed E-state index contributed by atoms with van der Waals surface area (Å²) >= 11 is 3.21. The monoisotopic (exact) mass is 334 g/mol. The first-order valence-corrected chi connectivity index (χ1v) is 7.30. The van der Waals surface area contributed by atoms with E-state index in [0.29, 0.717) is 10.0 Å². The van der Waals surface area contributed by atoms with Gasteiger partial charge in [-0.3, -0.25) is 4.79 Å². The van der Waals surface area contributed by atoms with Gasteiger partial charge in [-0.2, -0.15) is 5.26 Å². The number of halogens is 1. The van der Waals surface area contributed by atoms with E-state index in [2.05, 4.69) is 15.9 Å². The van der Waals surface area contributed by atoms with E-state index in [1.807, 2.05) is 6.07 Å². The average Bonchev–Trinajstić information content (AvgIpc) is 2.48. The van der Waals surface area contributed by atoms with Crippen LogP contribution < -0.4 is 0 Å². The lowest BCUT2D eigenvalue weighted by Crippen LogP contribution is -2.36. The van der Waals surface area contributed by atoms with E-state index < -0.39 is 0 Å². The summed E-state index contributed by atoms with van der Waals surface area (Å²) < 4.78 is 0.536. The molecule has 1 aliphatic rings. The van der Waals surface area contributed by atoms with Crippen molar-refractivity contribution in [2.45, 2.75) is 19.3 Å². The molecule has 0 bridgehead atoms. The zero-order valence-corrected chi connectivity index (χ0v) is 12.6. The Hall–Kier alpha value is -1.80. The molecule has 1 aromatic rings. The number of carbonyl (C=O) groups is 1. The number of piperidine rings is 1. The summed E-state index contributed by atoms with van der Waals surface area (Å²) in [6.45, 7) is 1.44. The number of aromatic hydroxyl groups is 1. The maximum atomic E-state index is 12.3. The second-order valence-corrected chi connectivity index (χ2v) is 5.59. The Morgan fingerprint density at radius 2 is 2.05 bits per heavy atom. The van der Waals surface area contributed by atoms with E-state index in [1.54, 1.807) is 23.1 Å². The van der Waals surface area contributed by atoms with Crippen molar-refractivity contribution >= 4 is 27.9 Å². The van der Waals surface area contributed by atoms with E-state index in [-0.39, 0.29) is 17.2 Å². The smallest absolute Gasteiger partial charge is 0.264 e. The van der Waals surface area contributed by atoms with Gasteiger partial charge in [0.15, 0.2) is 0 Å². The van der Waals surface area contributed by atoms with Gasteiger partial charge in [-0.1, -0.05) is 6.07 Å². The van der Waals surface area contributed by atoms with Gasteiger partial charge in [-0.25, -0.2) is 0 Å². The number of carbonyl (C=O) groups excluding carboxylic acids is 1. The second kappa shape index (κ2) is 6.58. The molecule has 1 saturated heterocycles. The van der Waals surface area contributed by atoms with Gasteiger partial charge in [-0.15, -0.1) is 0 Å². The standard InChI is InChI=1S/C15H15BrN2O2/c16-13-9-11(4-5-14(13)19)8-12(10-17)15(20)18-6-2-1-3-7-18/h4-5,8-9,19H,1-3,6-7H2/b12-8+. The highest BCUT2D eigenvalue weighted by molar-refractivity contribution is 9.10. The maximum Gasteiger partial charge on any atom is 0.264 e. The Labute approximate surface area is 126 Å². The molecule has 0 unspecified atom stereocenters. The quantitative estimate of drug-likeness (QED) is 0.667. The normalized spacial score (nSPS) is 15.8. The molecule has 1 amide bonds. The van der Waals surface area contributed by atoms with Crippen LogP contribution in [0.15, 0.2) is 28.2 Å². The summed E-state index contributed by atoms with van der Waals surface area (Å²) in [5.74, 6) is -0.0839. The number of nitrogens with zero attached hydrogens (tertiary/aromatic N) is 2. The minimum absolute atomic E-state index is 0.128. The molecular formula is C15H15BrN2O2. The van der Waals surface area contributed by atoms with Crippen LogP contribution in [0.3, 0.4) is 0 Å². The lowest BCUT2D eigenvalue weighted by molar-refractivity contribution is -0.127. The number of phenolic OH excluding ortho intramolecular Hbond substituents is 1. The summed E-state index contributed by atoms with van der Waals surface area (Å²) in [7, 11) is 0. The van der Waals surface area contributed by atoms with Crippen LogP contribution in [0, 0.1) is 11.3 Å². The summed E-state index contributed by atoms with van der Waals surface area (Å²) in [6.07, 6.45) is 4.69. The highest BCUT2D eigenvalue weighted by Crippen LogP contribution is 2.25. The first-order valence-electron chi connectivity index (χ1n) is 6.51. The highest BCUT2D eigenvalue weighted by Gasteiger charge is 2.20. The number of likely N-dealkylation sites (tertiary alicyclic amines) is 1. The Kier molecular flexibility index (Phi) is 4.80. The zero-order valence-electron chi connectivity index (χ0n) is 11.0. The van der Waals surface area contributed by atoms with E-state index >= 15 is 0 Å². The number of rotatable bonds is 2. The number of nitriles is 1. The number of phenols is 1. The third-order valence-electron chi connectivity index (χ3n) is 3.28. The van der Waals surface area contributed by atoms with Gasteiger partial charge in [0, 0.05) is 13.1 Å². The third-order valence-corrected chi connectivity index (χ3v) is 3.91. The molecular weight excluding hydrogens is 320 g/mol. The van der Waals surface area contributed by atoms with Crippen LogP contribution in [0.1, 0.15) is 24.8 Å². The number of benzene rings is 1. The van der Waals surface area contributed by atoms with E-state index in [9.17, 15) is 15.2 Å². The van der Waals surface area contributed by atoms with Crippen LogP contribution in [0.5, 0.6) is 5.75 Å². The highest BCUT2D eigenvalue weighted by atomic mass is 79.9. The van der Waals surface area contributed by atoms with E-state index in [0.717, 1.165) is 32.4 Å². The van der Waals surface area contributed by atoms with Crippen LogP contribution in [-0.2, 0) is 4.79 Å². The van der Waals surface area contributed by atoms with Gasteiger partial charge >= 0.3 is 0 Å². The maximum absolute atomic E-state index is 12.3. The van der Waals surface area contributed by atoms with Gasteiger partial charge in [0.05, 0.1) is 4.47 Å². The van der Waals surface area contributed by atoms with Gasteiger partial charge in [0.2, 0.25) is 0 Å². The number of hydrogen-bond donors (Lipinski definition) is 1. The Balaban J connectivity index is 2.22. The molecule has 20 heavy (non-hydrogen) atoms. The molecule has 0 spiro atoms. The second-order valence-electron chi connectivity index (χ2n) is 4.73. The molecule has 5 heteroatoms. The summed E-state index contributed by atoms with van der Waals surface area (Å²) in [4.78, 5) is 14.0. The Bertz CT molecular complexity index is 584. The SMILES string of the molecule is N#C/C(=C\c1ccc(O)c(Br)c1)C(=O)N1CCCCC1. The van der Waals surface area contributed by atoms with Crippen LogP contribution in [-0.4, -0.2) is 29.0 Å². The van der Waals surface area contributed by atoms with Crippen molar-refractivity contribution in [1.29, 1.82) is 5.26 Å². The Morgan fingerprint density at radius 3 is 2.65 bits per heavy atom. The third kappa shape index (κ3) is 3.40. The lowest BCUT2D eigenvalue weighted by atomic mass is 10.1. The minimum Gasteiger partial charge on any atom is -0.507 e. The average molecular weight is 335 g/mol. The molecule has 0 aliphatic carbocycles. The summed E-state index contributed by atoms with van der Waals surface area (Å²) in [5, 5.41) is 18.6. The van der Waals surface area contributed by atoms with E-state index in [1.165, 1.54) is 6.07 Å². The fourth-order valence-corrected chi connectivity index (χ4v) is 2.59. The van der Waals surface area contributed by atoms with Gasteiger partial charge in [0.25, 0.3) is 5.91 Å². The predicted molar refractivity (Wildman–Crippen MR) is 79.8 cm³/mol. The fraction of sp³-hybridized carbons (Fsp3) is 0.333. The largest absolute Gasteiger partial charge is 0.507 e. The summed E-state index contributed by atoms with van der Waals surface area (Å²) in [5.41, 5.74) is 0.834. The van der Waals surface area contributed by atoms with Gasteiger partial charge in [-0.05, 0) is 59.0 Å². The van der Waals surface area contributed by atoms with Crippen LogP contribution in [0.25, 0.3) is 6.08 Å². The molecule has 0 atom stereocenters. The molecule has 0 aromatic heterocycles. The van der Waals surface area contributed by atoms with Crippen molar-refractivity contribution < 1.29 is 9.90 Å². The first kappa shape index (κ1) is 14.6. The molecule has 1 aliphatic heterocycles. The number of hydrogen-bond acceptors (Lipinski definition) is 3. The van der Waals surface area contributed by atoms with Crippen molar-refractivity contribution in [3.05, 3.63) is 33.8 Å². The van der Waals surface area contributed by atoms with Crippen molar-refractivity contribution in [3.8, 4) is 11.8 Å². The topological polar surface area (TPSA) is 64.3 Å². The van der Waals surface area contributed by atoms with Crippen LogP contribution >= 0.6 is 15.9 Å². The summed E-state index contributed by atoms with van der Waals surface area (Å²) in [6, 6.07) is 6.84. The molecule has 1 N–H and O–H groups in total. The van der Waals surface area contributed by atoms with Gasteiger partial charge in [0.1, 0.15) is 17.4 Å². The lowest BCUT2D eigenvalue weighted by Gasteiger charge is -2.26. The van der Waals surface area contributed by atoms with E-state index in [4.69, 9.17) is 0 Å². The molecule has 0 saturated carbocycles. The predicted octanol–water partition coefficient (Wildman–Crippen LogP) is 3.07. The van der Waals surface area contributed by atoms with Crippen molar-refractivity contribution in [1.82, 2.24) is 4.90 Å². The number of amides is 1. The minimum atomic E-state index is -0.212. The van der Waals surface area contributed by atoms with Crippen molar-refractivity contribution in [3.63, 3.8) is 0 Å². The molecule has 1 heterocycles. The van der Waals surface area contributed by atoms with Crippen molar-refractivity contribution in [2.24, 2.45) is 0 Å². The fourth-order valence-electron chi connectivity index (χ4n) is 2.19. The molecule has 0 radical (unpaired) electrons. The molecule has 1 fully saturated rings. The molecule has 2 rings (SSSR count).